The van der Waals surface area contributed by atoms with E-state index in [0.29, 0.717) is 11.3 Å². The van der Waals surface area contributed by atoms with Crippen molar-refractivity contribution in [1.82, 2.24) is 0 Å². The normalized spacial score (nSPS) is 15.5. The van der Waals surface area contributed by atoms with Crippen LogP contribution in [0.3, 0.4) is 0 Å². The van der Waals surface area contributed by atoms with Crippen LogP contribution in [0.4, 0.5) is 5.69 Å². The molecule has 0 bridgehead atoms. The summed E-state index contributed by atoms with van der Waals surface area (Å²) in [5.41, 5.74) is 0.968. The van der Waals surface area contributed by atoms with Crippen molar-refractivity contribution in [3.63, 3.8) is 0 Å². The smallest absolute Gasteiger partial charge is 0.234 e. The van der Waals surface area contributed by atoms with Crippen LogP contribution < -0.4 is 10.0 Å². The number of carboxylic acid groups (broad SMARTS) is 1. The third kappa shape index (κ3) is 1.91. The summed E-state index contributed by atoms with van der Waals surface area (Å²) in [6.45, 7) is 1.72. The highest BCUT2D eigenvalue weighted by atomic mass is 16.4. The van der Waals surface area contributed by atoms with Crippen LogP contribution >= 0.6 is 0 Å². The van der Waals surface area contributed by atoms with Gasteiger partial charge in [-0.2, -0.15) is 0 Å². The third-order valence-corrected chi connectivity index (χ3v) is 2.74. The average molecular weight is 232 g/mol. The molecule has 1 aromatic rings. The van der Waals surface area contributed by atoms with Crippen LogP contribution in [0.15, 0.2) is 18.2 Å². The van der Waals surface area contributed by atoms with Crippen molar-refractivity contribution in [2.45, 2.75) is 19.8 Å². The molecule has 17 heavy (non-hydrogen) atoms. The summed E-state index contributed by atoms with van der Waals surface area (Å²) < 4.78 is 0. The summed E-state index contributed by atoms with van der Waals surface area (Å²) in [4.78, 5) is 34.9. The zero-order valence-electron chi connectivity index (χ0n) is 9.23. The monoisotopic (exact) mass is 232 g/mol. The fourth-order valence-electron chi connectivity index (χ4n) is 1.82. The highest BCUT2D eigenvalue weighted by Crippen LogP contribution is 2.26. The van der Waals surface area contributed by atoms with Gasteiger partial charge < -0.3 is 9.90 Å². The van der Waals surface area contributed by atoms with E-state index in [1.165, 1.54) is 12.1 Å². The number of aromatic carboxylic acids is 1. The standard InChI is InChI=1S/C12H11NO4/c1-7-2-3-8(12(16)17)6-9(7)13-10(14)4-5-11(13)15/h2-3,6H,4-5H2,1H3,(H,16,17)/p-1. The molecular weight excluding hydrogens is 222 g/mol. The summed E-state index contributed by atoms with van der Waals surface area (Å²) in [6.07, 6.45) is 0.349. The highest BCUT2D eigenvalue weighted by Gasteiger charge is 2.31. The van der Waals surface area contributed by atoms with E-state index in [2.05, 4.69) is 0 Å². The molecule has 1 aliphatic rings. The fourth-order valence-corrected chi connectivity index (χ4v) is 1.82. The van der Waals surface area contributed by atoms with Crippen LogP contribution in [0.1, 0.15) is 28.8 Å². The lowest BCUT2D eigenvalue weighted by Gasteiger charge is -2.17. The number of hydrogen-bond donors (Lipinski definition) is 0. The third-order valence-electron chi connectivity index (χ3n) is 2.74. The number of hydrogen-bond acceptors (Lipinski definition) is 4. The van der Waals surface area contributed by atoms with E-state index >= 15 is 0 Å². The van der Waals surface area contributed by atoms with Gasteiger partial charge in [0.15, 0.2) is 0 Å². The molecule has 0 saturated carbocycles. The molecule has 0 N–H and O–H groups in total. The molecule has 1 saturated heterocycles. The number of anilines is 1. The number of imide groups is 1. The van der Waals surface area contributed by atoms with Gasteiger partial charge in [0, 0.05) is 12.8 Å². The second-order valence-corrected chi connectivity index (χ2v) is 3.91. The lowest BCUT2D eigenvalue weighted by Crippen LogP contribution is -2.30. The number of aryl methyl sites for hydroxylation is 1. The molecule has 1 aliphatic heterocycles. The molecule has 0 radical (unpaired) electrons. The van der Waals surface area contributed by atoms with Crippen molar-refractivity contribution in [1.29, 1.82) is 0 Å². The Balaban J connectivity index is 2.50. The maximum absolute atomic E-state index is 11.6. The molecule has 5 nitrogen and oxygen atoms in total. The van der Waals surface area contributed by atoms with Gasteiger partial charge >= 0.3 is 0 Å². The van der Waals surface area contributed by atoms with Gasteiger partial charge in [-0.3, -0.25) is 14.5 Å². The number of carbonyl (C=O) groups is 3. The van der Waals surface area contributed by atoms with Gasteiger partial charge in [-0.05, 0) is 24.1 Å². The van der Waals surface area contributed by atoms with Crippen molar-refractivity contribution in [3.05, 3.63) is 29.3 Å². The van der Waals surface area contributed by atoms with Gasteiger partial charge in [0.05, 0.1) is 11.7 Å². The Morgan fingerprint density at radius 1 is 1.24 bits per heavy atom. The zero-order valence-corrected chi connectivity index (χ0v) is 9.23. The molecule has 0 unspecified atom stereocenters. The van der Waals surface area contributed by atoms with Gasteiger partial charge in [0.1, 0.15) is 0 Å². The number of carboxylic acids is 1. The number of amides is 2. The molecule has 88 valence electrons. The number of carbonyl (C=O) groups excluding carboxylic acids is 3. The van der Waals surface area contributed by atoms with E-state index in [1.807, 2.05) is 0 Å². The van der Waals surface area contributed by atoms with E-state index in [0.717, 1.165) is 4.90 Å². The minimum atomic E-state index is -1.33. The Hall–Kier alpha value is -2.17. The van der Waals surface area contributed by atoms with Crippen molar-refractivity contribution in [2.75, 3.05) is 4.90 Å². The molecule has 2 amide bonds. The number of rotatable bonds is 2. The second-order valence-electron chi connectivity index (χ2n) is 3.91. The molecule has 2 rings (SSSR count). The first-order chi connectivity index (χ1) is 8.00. The molecule has 5 heteroatoms. The molecule has 0 aromatic heterocycles. The molecule has 0 atom stereocenters. The Kier molecular flexibility index (Phi) is 2.67. The summed E-state index contributed by atoms with van der Waals surface area (Å²) in [6, 6.07) is 4.24. The Morgan fingerprint density at radius 2 is 1.82 bits per heavy atom. The molecule has 1 heterocycles. The summed E-state index contributed by atoms with van der Waals surface area (Å²) >= 11 is 0. The first-order valence-electron chi connectivity index (χ1n) is 5.18. The van der Waals surface area contributed by atoms with Crippen LogP contribution in [0, 0.1) is 6.92 Å². The Morgan fingerprint density at radius 3 is 2.35 bits per heavy atom. The summed E-state index contributed by atoms with van der Waals surface area (Å²) in [5, 5.41) is 10.7. The predicted molar refractivity (Wildman–Crippen MR) is 57.2 cm³/mol. The van der Waals surface area contributed by atoms with Crippen LogP contribution in [0.5, 0.6) is 0 Å². The summed E-state index contributed by atoms with van der Waals surface area (Å²) in [5.74, 6) is -1.92. The molecule has 1 aromatic carbocycles. The molecular formula is C12H10NO4-. The van der Waals surface area contributed by atoms with E-state index < -0.39 is 5.97 Å². The summed E-state index contributed by atoms with van der Waals surface area (Å²) in [7, 11) is 0. The average Bonchev–Trinajstić information content (AvgIpc) is 2.59. The molecule has 0 spiro atoms. The van der Waals surface area contributed by atoms with Gasteiger partial charge in [-0.15, -0.1) is 0 Å². The van der Waals surface area contributed by atoms with Crippen molar-refractivity contribution in [2.24, 2.45) is 0 Å². The Bertz CT molecular complexity index is 505. The van der Waals surface area contributed by atoms with Gasteiger partial charge in [0.25, 0.3) is 0 Å². The lowest BCUT2D eigenvalue weighted by atomic mass is 10.1. The van der Waals surface area contributed by atoms with Crippen LogP contribution in [-0.4, -0.2) is 17.8 Å². The lowest BCUT2D eigenvalue weighted by molar-refractivity contribution is -0.255. The number of benzene rings is 1. The quantitative estimate of drug-likeness (QED) is 0.673. The fraction of sp³-hybridized carbons (Fsp3) is 0.250. The highest BCUT2D eigenvalue weighted by molar-refractivity contribution is 6.20. The van der Waals surface area contributed by atoms with Gasteiger partial charge in [-0.1, -0.05) is 12.1 Å². The van der Waals surface area contributed by atoms with Crippen molar-refractivity contribution >= 4 is 23.5 Å². The van der Waals surface area contributed by atoms with Crippen LogP contribution in [0.25, 0.3) is 0 Å². The van der Waals surface area contributed by atoms with E-state index in [9.17, 15) is 19.5 Å². The maximum Gasteiger partial charge on any atom is 0.234 e. The second kappa shape index (κ2) is 4.01. The van der Waals surface area contributed by atoms with E-state index in [4.69, 9.17) is 0 Å². The zero-order chi connectivity index (χ0) is 12.6. The van der Waals surface area contributed by atoms with Crippen LogP contribution in [-0.2, 0) is 9.59 Å². The van der Waals surface area contributed by atoms with Crippen molar-refractivity contribution < 1.29 is 19.5 Å². The minimum absolute atomic E-state index is 0.0434. The number of nitrogens with zero attached hydrogens (tertiary/aromatic N) is 1. The minimum Gasteiger partial charge on any atom is -0.545 e. The van der Waals surface area contributed by atoms with Gasteiger partial charge in [-0.25, -0.2) is 0 Å². The predicted octanol–water partition coefficient (Wildman–Crippen LogP) is 0.0119. The van der Waals surface area contributed by atoms with Gasteiger partial charge in [0.2, 0.25) is 11.8 Å². The SMILES string of the molecule is Cc1ccc(C(=O)[O-])cc1N1C(=O)CCC1=O. The maximum atomic E-state index is 11.6. The van der Waals surface area contributed by atoms with E-state index in [1.54, 1.807) is 13.0 Å². The van der Waals surface area contributed by atoms with Crippen molar-refractivity contribution in [3.8, 4) is 0 Å². The largest absolute Gasteiger partial charge is 0.545 e. The first-order valence-corrected chi connectivity index (χ1v) is 5.18. The molecule has 0 aliphatic carbocycles. The molecule has 1 fully saturated rings. The first kappa shape index (κ1) is 11.3. The topological polar surface area (TPSA) is 77.5 Å². The van der Waals surface area contributed by atoms with E-state index in [-0.39, 0.29) is 30.2 Å². The van der Waals surface area contributed by atoms with Crippen LogP contribution in [0.2, 0.25) is 0 Å². The Labute approximate surface area is 97.7 Å².